The number of carbonyl (C=O) groups excluding carboxylic acids is 1. The number of amides is 1. The molecule has 0 saturated heterocycles. The summed E-state index contributed by atoms with van der Waals surface area (Å²) in [5.74, 6) is 0.648. The number of anilines is 1. The van der Waals surface area contributed by atoms with E-state index in [1.807, 2.05) is 38.1 Å². The molecule has 2 aromatic carbocycles. The molecule has 2 unspecified atom stereocenters. The number of ether oxygens (including phenoxy) is 2. The molecule has 30 heavy (non-hydrogen) atoms. The third-order valence-corrected chi connectivity index (χ3v) is 6.31. The molecule has 0 radical (unpaired) electrons. The SMILES string of the molecule is CCC(NC(=O)C(C)N(c1ccc2c(c1)OCCO2)S(C)(=O)=O)c1ccc(C)cc1. The second-order valence-corrected chi connectivity index (χ2v) is 9.30. The number of aryl methyl sites for hydroxylation is 1. The smallest absolute Gasteiger partial charge is 0.244 e. The number of carbonyl (C=O) groups is 1. The van der Waals surface area contributed by atoms with Gasteiger partial charge in [-0.1, -0.05) is 36.8 Å². The van der Waals surface area contributed by atoms with Crippen LogP contribution in [0.2, 0.25) is 0 Å². The Morgan fingerprint density at radius 3 is 2.33 bits per heavy atom. The van der Waals surface area contributed by atoms with E-state index in [0.717, 1.165) is 21.7 Å². The maximum absolute atomic E-state index is 13.0. The Bertz CT molecular complexity index is 1000. The number of rotatable bonds is 7. The fourth-order valence-corrected chi connectivity index (χ4v) is 4.66. The van der Waals surface area contributed by atoms with Crippen molar-refractivity contribution >= 4 is 21.6 Å². The fraction of sp³-hybridized carbons (Fsp3) is 0.409. The van der Waals surface area contributed by atoms with Crippen molar-refractivity contribution in [3.63, 3.8) is 0 Å². The first-order valence-corrected chi connectivity index (χ1v) is 11.8. The van der Waals surface area contributed by atoms with E-state index in [2.05, 4.69) is 5.32 Å². The third-order valence-electron chi connectivity index (χ3n) is 5.07. The molecule has 1 amide bonds. The molecule has 0 spiro atoms. The molecule has 1 aliphatic rings. The zero-order chi connectivity index (χ0) is 21.9. The standard InChI is InChI=1S/C22H28N2O5S/c1-5-19(17-8-6-15(2)7-9-17)23-22(25)16(3)24(30(4,26)27)18-10-11-20-21(14-18)29-13-12-28-20/h6-11,14,16,19H,5,12-13H2,1-4H3,(H,23,25). The van der Waals surface area contributed by atoms with Gasteiger partial charge in [0, 0.05) is 6.07 Å². The van der Waals surface area contributed by atoms with Crippen LogP contribution in [0.4, 0.5) is 5.69 Å². The number of hydrogen-bond donors (Lipinski definition) is 1. The fourth-order valence-electron chi connectivity index (χ4n) is 3.49. The van der Waals surface area contributed by atoms with Crippen molar-refractivity contribution in [2.24, 2.45) is 0 Å². The van der Waals surface area contributed by atoms with E-state index in [-0.39, 0.29) is 11.9 Å². The van der Waals surface area contributed by atoms with E-state index >= 15 is 0 Å². The van der Waals surface area contributed by atoms with E-state index in [9.17, 15) is 13.2 Å². The van der Waals surface area contributed by atoms with Crippen LogP contribution in [0.25, 0.3) is 0 Å². The summed E-state index contributed by atoms with van der Waals surface area (Å²) < 4.78 is 37.4. The highest BCUT2D eigenvalue weighted by molar-refractivity contribution is 7.92. The molecule has 3 rings (SSSR count). The Kier molecular flexibility index (Phi) is 6.55. The minimum absolute atomic E-state index is 0.206. The molecule has 0 fully saturated rings. The molecule has 7 nitrogen and oxygen atoms in total. The van der Waals surface area contributed by atoms with Crippen LogP contribution in [0, 0.1) is 6.92 Å². The molecule has 1 aliphatic heterocycles. The summed E-state index contributed by atoms with van der Waals surface area (Å²) in [6.45, 7) is 6.39. The van der Waals surface area contributed by atoms with E-state index in [1.54, 1.807) is 25.1 Å². The van der Waals surface area contributed by atoms with Crippen LogP contribution in [0.15, 0.2) is 42.5 Å². The molecular formula is C22H28N2O5S. The lowest BCUT2D eigenvalue weighted by Crippen LogP contribution is -2.48. The predicted octanol–water partition coefficient (Wildman–Crippen LogP) is 3.19. The monoisotopic (exact) mass is 432 g/mol. The van der Waals surface area contributed by atoms with Gasteiger partial charge in [-0.05, 0) is 38.0 Å². The second-order valence-electron chi connectivity index (χ2n) is 7.44. The van der Waals surface area contributed by atoms with Crippen LogP contribution in [-0.2, 0) is 14.8 Å². The summed E-state index contributed by atoms with van der Waals surface area (Å²) in [6, 6.07) is 11.7. The highest BCUT2D eigenvalue weighted by atomic mass is 32.2. The lowest BCUT2D eigenvalue weighted by Gasteiger charge is -2.30. The van der Waals surface area contributed by atoms with Crippen molar-refractivity contribution in [3.05, 3.63) is 53.6 Å². The van der Waals surface area contributed by atoms with Gasteiger partial charge in [0.2, 0.25) is 15.9 Å². The van der Waals surface area contributed by atoms with Gasteiger partial charge in [0.25, 0.3) is 0 Å². The van der Waals surface area contributed by atoms with Crippen LogP contribution < -0.4 is 19.1 Å². The van der Waals surface area contributed by atoms with Gasteiger partial charge >= 0.3 is 0 Å². The Balaban J connectivity index is 1.85. The first kappa shape index (κ1) is 22.0. The summed E-state index contributed by atoms with van der Waals surface area (Å²) in [4.78, 5) is 13.0. The Labute approximate surface area is 178 Å². The van der Waals surface area contributed by atoms with Gasteiger partial charge in [-0.3, -0.25) is 9.10 Å². The van der Waals surface area contributed by atoms with Crippen molar-refractivity contribution in [2.75, 3.05) is 23.8 Å². The molecule has 8 heteroatoms. The molecule has 0 aromatic heterocycles. The van der Waals surface area contributed by atoms with Crippen molar-refractivity contribution in [2.45, 2.75) is 39.3 Å². The van der Waals surface area contributed by atoms with E-state index in [1.165, 1.54) is 0 Å². The third kappa shape index (κ3) is 4.87. The summed E-state index contributed by atoms with van der Waals surface area (Å²) in [7, 11) is -3.73. The van der Waals surface area contributed by atoms with Crippen molar-refractivity contribution in [3.8, 4) is 11.5 Å². The highest BCUT2D eigenvalue weighted by Gasteiger charge is 2.31. The van der Waals surface area contributed by atoms with Gasteiger partial charge in [-0.2, -0.15) is 0 Å². The Morgan fingerprint density at radius 2 is 1.73 bits per heavy atom. The number of nitrogens with one attached hydrogen (secondary N) is 1. The quantitative estimate of drug-likeness (QED) is 0.726. The van der Waals surface area contributed by atoms with E-state index in [0.29, 0.717) is 36.8 Å². The van der Waals surface area contributed by atoms with Gasteiger partial charge in [0.15, 0.2) is 11.5 Å². The molecule has 0 saturated carbocycles. The zero-order valence-corrected chi connectivity index (χ0v) is 18.5. The number of sulfonamides is 1. The number of hydrogen-bond acceptors (Lipinski definition) is 5. The molecule has 1 heterocycles. The van der Waals surface area contributed by atoms with Crippen molar-refractivity contribution in [1.29, 1.82) is 0 Å². The average Bonchev–Trinajstić information content (AvgIpc) is 2.71. The van der Waals surface area contributed by atoms with Crippen LogP contribution in [-0.4, -0.2) is 39.8 Å². The molecule has 2 aromatic rings. The molecular weight excluding hydrogens is 404 g/mol. The number of fused-ring (bicyclic) bond motifs is 1. The second kappa shape index (κ2) is 8.95. The zero-order valence-electron chi connectivity index (χ0n) is 17.7. The Morgan fingerprint density at radius 1 is 1.10 bits per heavy atom. The summed E-state index contributed by atoms with van der Waals surface area (Å²) in [5.41, 5.74) is 2.47. The maximum Gasteiger partial charge on any atom is 0.244 e. The van der Waals surface area contributed by atoms with Crippen molar-refractivity contribution in [1.82, 2.24) is 5.32 Å². The molecule has 0 bridgehead atoms. The minimum atomic E-state index is -3.73. The lowest BCUT2D eigenvalue weighted by molar-refractivity contribution is -0.122. The highest BCUT2D eigenvalue weighted by Crippen LogP contribution is 2.35. The van der Waals surface area contributed by atoms with Gasteiger partial charge in [0.1, 0.15) is 19.3 Å². The first-order chi connectivity index (χ1) is 14.2. The normalized spacial score (nSPS) is 15.2. The largest absolute Gasteiger partial charge is 0.486 e. The number of benzene rings is 2. The van der Waals surface area contributed by atoms with Gasteiger partial charge in [0.05, 0.1) is 18.0 Å². The topological polar surface area (TPSA) is 84.9 Å². The van der Waals surface area contributed by atoms with E-state index < -0.39 is 16.1 Å². The van der Waals surface area contributed by atoms with Crippen molar-refractivity contribution < 1.29 is 22.7 Å². The van der Waals surface area contributed by atoms with Crippen LogP contribution in [0.5, 0.6) is 11.5 Å². The van der Waals surface area contributed by atoms with E-state index in [4.69, 9.17) is 9.47 Å². The molecule has 1 N–H and O–H groups in total. The number of nitrogens with zero attached hydrogens (tertiary/aromatic N) is 1. The van der Waals surface area contributed by atoms with Gasteiger partial charge in [-0.25, -0.2) is 8.42 Å². The minimum Gasteiger partial charge on any atom is -0.486 e. The van der Waals surface area contributed by atoms with Crippen LogP contribution in [0.3, 0.4) is 0 Å². The summed E-state index contributed by atoms with van der Waals surface area (Å²) in [5, 5.41) is 2.99. The Hall–Kier alpha value is -2.74. The lowest BCUT2D eigenvalue weighted by atomic mass is 10.0. The van der Waals surface area contributed by atoms with Gasteiger partial charge in [-0.15, -0.1) is 0 Å². The average molecular weight is 433 g/mol. The predicted molar refractivity (Wildman–Crippen MR) is 117 cm³/mol. The van der Waals surface area contributed by atoms with Crippen LogP contribution in [0.1, 0.15) is 37.4 Å². The van der Waals surface area contributed by atoms with Gasteiger partial charge < -0.3 is 14.8 Å². The first-order valence-electron chi connectivity index (χ1n) is 9.96. The molecule has 0 aliphatic carbocycles. The van der Waals surface area contributed by atoms with Crippen LogP contribution >= 0.6 is 0 Å². The molecule has 162 valence electrons. The molecule has 2 atom stereocenters. The summed E-state index contributed by atoms with van der Waals surface area (Å²) >= 11 is 0. The maximum atomic E-state index is 13.0. The summed E-state index contributed by atoms with van der Waals surface area (Å²) in [6.07, 6.45) is 1.77.